The van der Waals surface area contributed by atoms with Crippen molar-refractivity contribution in [2.75, 3.05) is 13.1 Å². The lowest BCUT2D eigenvalue weighted by molar-refractivity contribution is -0.148. The minimum absolute atomic E-state index is 0.566. The first-order valence-electron chi connectivity index (χ1n) is 6.44. The first-order chi connectivity index (χ1) is 8.55. The topological polar surface area (TPSA) is 66.6 Å². The molecule has 1 aliphatic heterocycles. The van der Waals surface area contributed by atoms with E-state index in [0.29, 0.717) is 13.1 Å². The van der Waals surface area contributed by atoms with Crippen LogP contribution in [0.1, 0.15) is 37.6 Å². The Labute approximate surface area is 107 Å². The Balaban J connectivity index is 2.00. The molecule has 0 aromatic carbocycles. The number of carboxylic acids is 1. The normalized spacial score (nSPS) is 24.6. The van der Waals surface area contributed by atoms with Crippen LogP contribution in [-0.4, -0.2) is 34.2 Å². The van der Waals surface area contributed by atoms with Gasteiger partial charge >= 0.3 is 5.97 Å². The molecule has 0 spiro atoms. The lowest BCUT2D eigenvalue weighted by atomic mass is 9.83. The van der Waals surface area contributed by atoms with Crippen LogP contribution in [0.15, 0.2) is 10.6 Å². The molecule has 1 aliphatic rings. The minimum atomic E-state index is -0.666. The largest absolute Gasteiger partial charge is 0.481 e. The van der Waals surface area contributed by atoms with E-state index in [0.717, 1.165) is 37.3 Å². The Hall–Kier alpha value is -1.36. The second kappa shape index (κ2) is 5.10. The lowest BCUT2D eigenvalue weighted by Gasteiger charge is -2.23. The zero-order chi connectivity index (χ0) is 13.2. The highest BCUT2D eigenvalue weighted by atomic mass is 16.5. The van der Waals surface area contributed by atoms with E-state index in [2.05, 4.69) is 10.1 Å². The highest BCUT2D eigenvalue weighted by molar-refractivity contribution is 5.75. The molecule has 1 atom stereocenters. The van der Waals surface area contributed by atoms with E-state index in [1.807, 2.05) is 19.9 Å². The molecule has 18 heavy (non-hydrogen) atoms. The number of rotatable bonds is 5. The molecule has 1 fully saturated rings. The molecule has 100 valence electrons. The number of hydrogen-bond acceptors (Lipinski definition) is 4. The second-order valence-electron chi connectivity index (χ2n) is 5.23. The van der Waals surface area contributed by atoms with Crippen molar-refractivity contribution in [1.82, 2.24) is 10.1 Å². The van der Waals surface area contributed by atoms with E-state index in [9.17, 15) is 9.90 Å². The smallest absolute Gasteiger partial charge is 0.310 e. The quantitative estimate of drug-likeness (QED) is 0.868. The van der Waals surface area contributed by atoms with Crippen molar-refractivity contribution >= 4 is 5.97 Å². The Morgan fingerprint density at radius 1 is 1.67 bits per heavy atom. The Kier molecular flexibility index (Phi) is 3.71. The maximum Gasteiger partial charge on any atom is 0.310 e. The average molecular weight is 252 g/mol. The highest BCUT2D eigenvalue weighted by Gasteiger charge is 2.43. The van der Waals surface area contributed by atoms with Crippen molar-refractivity contribution < 1.29 is 14.4 Å². The van der Waals surface area contributed by atoms with Crippen molar-refractivity contribution in [3.63, 3.8) is 0 Å². The fourth-order valence-corrected chi connectivity index (χ4v) is 2.77. The van der Waals surface area contributed by atoms with Crippen LogP contribution in [-0.2, 0) is 11.3 Å². The maximum absolute atomic E-state index is 11.5. The molecule has 5 nitrogen and oxygen atoms in total. The van der Waals surface area contributed by atoms with Gasteiger partial charge in [0.2, 0.25) is 0 Å². The summed E-state index contributed by atoms with van der Waals surface area (Å²) in [6.07, 6.45) is 2.37. The summed E-state index contributed by atoms with van der Waals surface area (Å²) < 4.78 is 5.18. The Morgan fingerprint density at radius 3 is 3.00 bits per heavy atom. The molecule has 1 N–H and O–H groups in total. The van der Waals surface area contributed by atoms with Crippen molar-refractivity contribution in [2.24, 2.45) is 5.41 Å². The maximum atomic E-state index is 11.5. The van der Waals surface area contributed by atoms with Crippen LogP contribution in [0.5, 0.6) is 0 Å². The van der Waals surface area contributed by atoms with E-state index in [-0.39, 0.29) is 0 Å². The number of aliphatic carboxylic acids is 1. The van der Waals surface area contributed by atoms with Gasteiger partial charge in [0, 0.05) is 12.6 Å². The van der Waals surface area contributed by atoms with Gasteiger partial charge in [0.25, 0.3) is 0 Å². The SMILES string of the molecule is CCCC1(C(=O)O)CCN(Cc2cc(C)no2)C1. The Morgan fingerprint density at radius 2 is 2.44 bits per heavy atom. The van der Waals surface area contributed by atoms with Gasteiger partial charge in [-0.15, -0.1) is 0 Å². The summed E-state index contributed by atoms with van der Waals surface area (Å²) in [5, 5.41) is 13.3. The number of aromatic nitrogens is 1. The van der Waals surface area contributed by atoms with Crippen LogP contribution in [0, 0.1) is 12.3 Å². The summed E-state index contributed by atoms with van der Waals surface area (Å²) in [6, 6.07) is 1.90. The average Bonchev–Trinajstić information content (AvgIpc) is 2.88. The third kappa shape index (κ3) is 2.56. The molecule has 0 amide bonds. The fraction of sp³-hybridized carbons (Fsp3) is 0.692. The summed E-state index contributed by atoms with van der Waals surface area (Å²) in [5.41, 5.74) is 0.298. The molecular weight excluding hydrogens is 232 g/mol. The number of likely N-dealkylation sites (tertiary alicyclic amines) is 1. The van der Waals surface area contributed by atoms with Crippen LogP contribution in [0.25, 0.3) is 0 Å². The molecule has 5 heteroatoms. The van der Waals surface area contributed by atoms with E-state index in [4.69, 9.17) is 4.52 Å². The van der Waals surface area contributed by atoms with Gasteiger partial charge in [-0.1, -0.05) is 18.5 Å². The van der Waals surface area contributed by atoms with Gasteiger partial charge in [-0.25, -0.2) is 0 Å². The number of carboxylic acid groups (broad SMARTS) is 1. The molecule has 1 aromatic heterocycles. The molecular formula is C13H20N2O3. The van der Waals surface area contributed by atoms with Crippen LogP contribution < -0.4 is 0 Å². The molecule has 1 aromatic rings. The zero-order valence-corrected chi connectivity index (χ0v) is 11.0. The molecule has 2 heterocycles. The molecule has 0 aliphatic carbocycles. The summed E-state index contributed by atoms with van der Waals surface area (Å²) in [6.45, 7) is 5.99. The van der Waals surface area contributed by atoms with Gasteiger partial charge in [0.15, 0.2) is 5.76 Å². The van der Waals surface area contributed by atoms with Gasteiger partial charge in [-0.3, -0.25) is 9.69 Å². The molecule has 0 bridgehead atoms. The number of hydrogen-bond donors (Lipinski definition) is 1. The van der Waals surface area contributed by atoms with Crippen LogP contribution in [0.3, 0.4) is 0 Å². The monoisotopic (exact) mass is 252 g/mol. The fourth-order valence-electron chi connectivity index (χ4n) is 2.77. The molecule has 0 radical (unpaired) electrons. The molecule has 2 rings (SSSR count). The summed E-state index contributed by atoms with van der Waals surface area (Å²) in [7, 11) is 0. The Bertz CT molecular complexity index is 430. The van der Waals surface area contributed by atoms with E-state index in [1.54, 1.807) is 0 Å². The summed E-state index contributed by atoms with van der Waals surface area (Å²) >= 11 is 0. The first kappa shape index (κ1) is 13.1. The second-order valence-corrected chi connectivity index (χ2v) is 5.23. The number of nitrogens with zero attached hydrogens (tertiary/aromatic N) is 2. The summed E-state index contributed by atoms with van der Waals surface area (Å²) in [4.78, 5) is 13.6. The van der Waals surface area contributed by atoms with Gasteiger partial charge < -0.3 is 9.63 Å². The molecule has 0 saturated carbocycles. The van der Waals surface area contributed by atoms with Crippen LogP contribution in [0.2, 0.25) is 0 Å². The van der Waals surface area contributed by atoms with Gasteiger partial charge in [0.1, 0.15) is 0 Å². The van der Waals surface area contributed by atoms with E-state index in [1.165, 1.54) is 0 Å². The molecule has 1 unspecified atom stereocenters. The highest BCUT2D eigenvalue weighted by Crippen LogP contribution is 2.36. The van der Waals surface area contributed by atoms with E-state index >= 15 is 0 Å². The van der Waals surface area contributed by atoms with Crippen molar-refractivity contribution in [3.05, 3.63) is 17.5 Å². The van der Waals surface area contributed by atoms with E-state index < -0.39 is 11.4 Å². The van der Waals surface area contributed by atoms with Gasteiger partial charge in [-0.2, -0.15) is 0 Å². The zero-order valence-electron chi connectivity index (χ0n) is 11.0. The summed E-state index contributed by atoms with van der Waals surface area (Å²) in [5.74, 6) is 0.144. The predicted octanol–water partition coefficient (Wildman–Crippen LogP) is 2.06. The first-order valence-corrected chi connectivity index (χ1v) is 6.44. The third-order valence-electron chi connectivity index (χ3n) is 3.67. The minimum Gasteiger partial charge on any atom is -0.481 e. The third-order valence-corrected chi connectivity index (χ3v) is 3.67. The van der Waals surface area contributed by atoms with Crippen LogP contribution >= 0.6 is 0 Å². The number of aryl methyl sites for hydroxylation is 1. The van der Waals surface area contributed by atoms with Crippen molar-refractivity contribution in [3.8, 4) is 0 Å². The lowest BCUT2D eigenvalue weighted by Crippen LogP contribution is -2.34. The number of carbonyl (C=O) groups is 1. The van der Waals surface area contributed by atoms with Crippen LogP contribution in [0.4, 0.5) is 0 Å². The van der Waals surface area contributed by atoms with Gasteiger partial charge in [-0.05, 0) is 26.3 Å². The predicted molar refractivity (Wildman–Crippen MR) is 66.1 cm³/mol. The van der Waals surface area contributed by atoms with Crippen molar-refractivity contribution in [1.29, 1.82) is 0 Å². The van der Waals surface area contributed by atoms with Crippen molar-refractivity contribution in [2.45, 2.75) is 39.7 Å². The molecule has 1 saturated heterocycles. The van der Waals surface area contributed by atoms with Gasteiger partial charge in [0.05, 0.1) is 17.7 Å². The standard InChI is InChI=1S/C13H20N2O3/c1-3-4-13(12(16)17)5-6-15(9-13)8-11-7-10(2)14-18-11/h7H,3-6,8-9H2,1-2H3,(H,16,17).